The van der Waals surface area contributed by atoms with Crippen molar-refractivity contribution in [2.75, 3.05) is 5.75 Å². The van der Waals surface area contributed by atoms with Crippen LogP contribution in [0.15, 0.2) is 40.5 Å². The molecule has 1 fully saturated rings. The van der Waals surface area contributed by atoms with Gasteiger partial charge in [0, 0.05) is 15.7 Å². The van der Waals surface area contributed by atoms with Gasteiger partial charge in [0.2, 0.25) is 5.91 Å². The second kappa shape index (κ2) is 7.49. The number of rotatable bonds is 3. The molecule has 0 spiro atoms. The van der Waals surface area contributed by atoms with Crippen molar-refractivity contribution in [2.45, 2.75) is 39.3 Å². The van der Waals surface area contributed by atoms with Crippen LogP contribution in [-0.4, -0.2) is 33.8 Å². The Morgan fingerprint density at radius 2 is 2.04 bits per heavy atom. The van der Waals surface area contributed by atoms with Crippen LogP contribution in [0.1, 0.15) is 38.8 Å². The van der Waals surface area contributed by atoms with Crippen LogP contribution in [0.4, 0.5) is 0 Å². The van der Waals surface area contributed by atoms with Crippen LogP contribution in [-0.2, 0) is 14.3 Å². The molecule has 0 aromatic heterocycles. The summed E-state index contributed by atoms with van der Waals surface area (Å²) in [6.45, 7) is 5.43. The first-order valence-corrected chi connectivity index (χ1v) is 10.2. The van der Waals surface area contributed by atoms with E-state index in [1.54, 1.807) is 23.6 Å². The lowest BCUT2D eigenvalue weighted by atomic mass is 9.94. The summed E-state index contributed by atoms with van der Waals surface area (Å²) in [4.78, 5) is 31.6. The first-order chi connectivity index (χ1) is 11.9. The van der Waals surface area contributed by atoms with Gasteiger partial charge in [-0.05, 0) is 61.1 Å². The number of halogens is 1. The number of allylic oxidation sites excluding steroid dienone is 1. The second-order valence-electron chi connectivity index (χ2n) is 6.16. The molecule has 2 aliphatic rings. The van der Waals surface area contributed by atoms with Gasteiger partial charge in [0.15, 0.2) is 5.17 Å². The summed E-state index contributed by atoms with van der Waals surface area (Å²) >= 11 is 3.79. The van der Waals surface area contributed by atoms with Crippen molar-refractivity contribution in [3.05, 3.63) is 44.7 Å². The zero-order valence-electron chi connectivity index (χ0n) is 14.3. The van der Waals surface area contributed by atoms with Gasteiger partial charge in [-0.15, -0.1) is 0 Å². The highest BCUT2D eigenvalue weighted by Gasteiger charge is 2.41. The molecule has 7 heteroatoms. The van der Waals surface area contributed by atoms with E-state index < -0.39 is 12.0 Å². The minimum Gasteiger partial charge on any atom is -0.459 e. The molecule has 1 saturated heterocycles. The van der Waals surface area contributed by atoms with Gasteiger partial charge in [-0.25, -0.2) is 9.79 Å². The molecule has 3 rings (SSSR count). The molecule has 1 amide bonds. The quantitative estimate of drug-likeness (QED) is 0.497. The lowest BCUT2D eigenvalue weighted by Gasteiger charge is -2.39. The third-order valence-electron chi connectivity index (χ3n) is 3.96. The van der Waals surface area contributed by atoms with Crippen LogP contribution < -0.4 is 0 Å². The molecule has 0 saturated carbocycles. The standard InChI is InChI=1S/C18H19IN2O3S/c1-10(2)24-17(23)15-11(3)20-18-21(14(22)8-9-25-18)16(15)12-4-6-13(19)7-5-12/h4-7,10,16H,8-9H2,1-3H3. The Hall–Kier alpha value is -1.35. The fraction of sp³-hybridized carbons (Fsp3) is 0.389. The molecule has 0 bridgehead atoms. The minimum atomic E-state index is -0.490. The predicted molar refractivity (Wildman–Crippen MR) is 107 cm³/mol. The number of fused-ring (bicyclic) bond motifs is 1. The Morgan fingerprint density at radius 1 is 1.36 bits per heavy atom. The van der Waals surface area contributed by atoms with Gasteiger partial charge >= 0.3 is 5.97 Å². The maximum Gasteiger partial charge on any atom is 0.338 e. The van der Waals surface area contributed by atoms with Gasteiger partial charge in [0.25, 0.3) is 0 Å². The van der Waals surface area contributed by atoms with Crippen LogP contribution in [0.2, 0.25) is 0 Å². The topological polar surface area (TPSA) is 59.0 Å². The molecular weight excluding hydrogens is 451 g/mol. The number of hydrogen-bond donors (Lipinski definition) is 0. The van der Waals surface area contributed by atoms with Crippen molar-refractivity contribution in [3.8, 4) is 0 Å². The van der Waals surface area contributed by atoms with Gasteiger partial charge < -0.3 is 4.74 Å². The van der Waals surface area contributed by atoms with E-state index >= 15 is 0 Å². The van der Waals surface area contributed by atoms with Gasteiger partial charge in [-0.2, -0.15) is 0 Å². The van der Waals surface area contributed by atoms with Crippen molar-refractivity contribution in [2.24, 2.45) is 4.99 Å². The largest absolute Gasteiger partial charge is 0.459 e. The number of thioether (sulfide) groups is 1. The normalized spacial score (nSPS) is 20.5. The van der Waals surface area contributed by atoms with E-state index in [0.717, 1.165) is 9.13 Å². The monoisotopic (exact) mass is 470 g/mol. The molecule has 132 valence electrons. The van der Waals surface area contributed by atoms with Crippen LogP contribution in [0.25, 0.3) is 0 Å². The van der Waals surface area contributed by atoms with Gasteiger partial charge in [0.1, 0.15) is 0 Å². The smallest absolute Gasteiger partial charge is 0.338 e. The Labute approximate surface area is 165 Å². The number of amidine groups is 1. The lowest BCUT2D eigenvalue weighted by molar-refractivity contribution is -0.143. The molecule has 1 atom stereocenters. The fourth-order valence-corrected chi connectivity index (χ4v) is 4.26. The lowest BCUT2D eigenvalue weighted by Crippen LogP contribution is -2.46. The predicted octanol–water partition coefficient (Wildman–Crippen LogP) is 3.89. The van der Waals surface area contributed by atoms with Crippen molar-refractivity contribution in [1.82, 2.24) is 4.90 Å². The Morgan fingerprint density at radius 3 is 2.68 bits per heavy atom. The van der Waals surface area contributed by atoms with Crippen molar-refractivity contribution in [3.63, 3.8) is 0 Å². The third kappa shape index (κ3) is 3.76. The first kappa shape index (κ1) is 18.4. The molecule has 0 N–H and O–H groups in total. The Balaban J connectivity index is 2.12. The molecule has 2 aliphatic heterocycles. The van der Waals surface area contributed by atoms with Crippen molar-refractivity contribution >= 4 is 51.4 Å². The zero-order valence-corrected chi connectivity index (χ0v) is 17.3. The van der Waals surface area contributed by atoms with E-state index in [9.17, 15) is 9.59 Å². The highest BCUT2D eigenvalue weighted by molar-refractivity contribution is 14.1. The summed E-state index contributed by atoms with van der Waals surface area (Å²) < 4.78 is 6.53. The Kier molecular flexibility index (Phi) is 5.52. The third-order valence-corrected chi connectivity index (χ3v) is 5.63. The number of esters is 1. The first-order valence-electron chi connectivity index (χ1n) is 8.09. The number of hydrogen-bond acceptors (Lipinski definition) is 5. The molecule has 1 aromatic carbocycles. The van der Waals surface area contributed by atoms with E-state index in [0.29, 0.717) is 28.6 Å². The average molecular weight is 470 g/mol. The second-order valence-corrected chi connectivity index (χ2v) is 8.47. The molecule has 2 heterocycles. The maximum absolute atomic E-state index is 12.8. The van der Waals surface area contributed by atoms with Crippen molar-refractivity contribution in [1.29, 1.82) is 0 Å². The van der Waals surface area contributed by atoms with E-state index in [-0.39, 0.29) is 12.0 Å². The number of carbonyl (C=O) groups is 2. The SMILES string of the molecule is CC1=C(C(=O)OC(C)C)C(c2ccc(I)cc2)N2C(=O)CCSC2=N1. The van der Waals surface area contributed by atoms with Gasteiger partial charge in [0.05, 0.1) is 23.4 Å². The van der Waals surface area contributed by atoms with Gasteiger partial charge in [-0.1, -0.05) is 23.9 Å². The highest BCUT2D eigenvalue weighted by Crippen LogP contribution is 2.40. The van der Waals surface area contributed by atoms with E-state index in [2.05, 4.69) is 27.6 Å². The average Bonchev–Trinajstić information content (AvgIpc) is 2.53. The summed E-state index contributed by atoms with van der Waals surface area (Å²) in [7, 11) is 0. The van der Waals surface area contributed by atoms with E-state index in [1.165, 1.54) is 0 Å². The van der Waals surface area contributed by atoms with E-state index in [4.69, 9.17) is 4.74 Å². The van der Waals surface area contributed by atoms with Crippen LogP contribution >= 0.6 is 34.4 Å². The molecule has 1 unspecified atom stereocenters. The summed E-state index contributed by atoms with van der Waals surface area (Å²) in [6.07, 6.45) is 0.206. The minimum absolute atomic E-state index is 0.0107. The number of aliphatic imine (C=N–C) groups is 1. The zero-order chi connectivity index (χ0) is 18.1. The van der Waals surface area contributed by atoms with Crippen molar-refractivity contribution < 1.29 is 14.3 Å². The fourth-order valence-electron chi connectivity index (χ4n) is 2.90. The van der Waals surface area contributed by atoms with E-state index in [1.807, 2.05) is 38.1 Å². The molecule has 25 heavy (non-hydrogen) atoms. The number of ether oxygens (including phenoxy) is 1. The molecule has 0 radical (unpaired) electrons. The summed E-state index contributed by atoms with van der Waals surface area (Å²) in [5.41, 5.74) is 1.94. The maximum atomic E-state index is 12.8. The number of carbonyl (C=O) groups excluding carboxylic acids is 2. The number of nitrogens with zero attached hydrogens (tertiary/aromatic N) is 2. The molecule has 1 aromatic rings. The summed E-state index contributed by atoms with van der Waals surface area (Å²) in [6, 6.07) is 7.37. The summed E-state index contributed by atoms with van der Waals surface area (Å²) in [5, 5.41) is 0.665. The summed E-state index contributed by atoms with van der Waals surface area (Å²) in [5.74, 6) is 0.290. The number of benzene rings is 1. The number of amides is 1. The molecular formula is C18H19IN2O3S. The van der Waals surface area contributed by atoms with Crippen LogP contribution in [0.5, 0.6) is 0 Å². The van der Waals surface area contributed by atoms with Gasteiger partial charge in [-0.3, -0.25) is 9.69 Å². The molecule has 0 aliphatic carbocycles. The molecule has 5 nitrogen and oxygen atoms in total. The Bertz CT molecular complexity index is 771. The highest BCUT2D eigenvalue weighted by atomic mass is 127. The van der Waals surface area contributed by atoms with Crippen LogP contribution in [0.3, 0.4) is 0 Å². The van der Waals surface area contributed by atoms with Crippen LogP contribution in [0, 0.1) is 3.57 Å².